The Kier molecular flexibility index (Phi) is 6.82. The van der Waals surface area contributed by atoms with Gasteiger partial charge in [0.2, 0.25) is 0 Å². The molecule has 1 aromatic rings. The van der Waals surface area contributed by atoms with Gasteiger partial charge in [-0.15, -0.1) is 12.4 Å². The van der Waals surface area contributed by atoms with Crippen molar-refractivity contribution in [1.29, 1.82) is 0 Å². The molecule has 1 saturated heterocycles. The lowest BCUT2D eigenvalue weighted by Crippen LogP contribution is -2.40. The molecule has 1 N–H and O–H groups in total. The summed E-state index contributed by atoms with van der Waals surface area (Å²) >= 11 is 6.18. The Hall–Kier alpha value is -0.480. The minimum absolute atomic E-state index is 0. The Morgan fingerprint density at radius 3 is 2.64 bits per heavy atom. The summed E-state index contributed by atoms with van der Waals surface area (Å²) in [6.07, 6.45) is 5.07. The van der Waals surface area contributed by atoms with Crippen LogP contribution >= 0.6 is 24.0 Å². The lowest BCUT2D eigenvalue weighted by Gasteiger charge is -2.32. The van der Waals surface area contributed by atoms with E-state index in [2.05, 4.69) is 23.3 Å². The van der Waals surface area contributed by atoms with Crippen LogP contribution < -0.4 is 10.1 Å². The van der Waals surface area contributed by atoms with Crippen molar-refractivity contribution in [2.75, 3.05) is 26.7 Å². The predicted molar refractivity (Wildman–Crippen MR) is 94.3 cm³/mol. The highest BCUT2D eigenvalue weighted by Crippen LogP contribution is 2.31. The highest BCUT2D eigenvalue weighted by atomic mass is 35.5. The van der Waals surface area contributed by atoms with Crippen LogP contribution in [0.4, 0.5) is 0 Å². The minimum atomic E-state index is 0. The van der Waals surface area contributed by atoms with E-state index in [0.29, 0.717) is 6.04 Å². The van der Waals surface area contributed by atoms with Crippen LogP contribution in [0.15, 0.2) is 18.2 Å². The van der Waals surface area contributed by atoms with E-state index in [1.165, 1.54) is 31.2 Å². The van der Waals surface area contributed by atoms with Gasteiger partial charge in [0.05, 0.1) is 6.61 Å². The average molecular weight is 345 g/mol. The normalized spacial score (nSPS) is 19.0. The molecule has 0 bridgehead atoms. The predicted octanol–water partition coefficient (Wildman–Crippen LogP) is 3.73. The molecule has 1 saturated carbocycles. The Morgan fingerprint density at radius 2 is 1.95 bits per heavy atom. The number of benzene rings is 1. The highest BCUT2D eigenvalue weighted by molar-refractivity contribution is 6.30. The first-order valence-corrected chi connectivity index (χ1v) is 8.42. The number of rotatable bonds is 6. The minimum Gasteiger partial charge on any atom is -0.493 e. The molecule has 1 aliphatic heterocycles. The molecule has 0 aromatic heterocycles. The zero-order valence-electron chi connectivity index (χ0n) is 13.2. The summed E-state index contributed by atoms with van der Waals surface area (Å²) in [7, 11) is 2.21. The van der Waals surface area contributed by atoms with Crippen molar-refractivity contribution in [2.45, 2.75) is 38.3 Å². The lowest BCUT2D eigenvalue weighted by atomic mass is 10.0. The van der Waals surface area contributed by atoms with Gasteiger partial charge in [-0.3, -0.25) is 4.90 Å². The standard InChI is InChI=1S/C17H25ClN2O.ClH/c1-20(16-6-8-19-9-7-16)11-14-10-15(18)4-5-17(14)21-12-13-2-3-13;/h4-5,10,13,16,19H,2-3,6-9,11-12H2,1H3;1H. The summed E-state index contributed by atoms with van der Waals surface area (Å²) in [6, 6.07) is 6.66. The molecule has 3 rings (SSSR count). The molecule has 0 radical (unpaired) electrons. The quantitative estimate of drug-likeness (QED) is 0.850. The van der Waals surface area contributed by atoms with Gasteiger partial charge in [-0.1, -0.05) is 11.6 Å². The van der Waals surface area contributed by atoms with Gasteiger partial charge < -0.3 is 10.1 Å². The second-order valence-electron chi connectivity index (χ2n) is 6.40. The number of halogens is 2. The highest BCUT2D eigenvalue weighted by Gasteiger charge is 2.23. The van der Waals surface area contributed by atoms with Crippen molar-refractivity contribution in [3.05, 3.63) is 28.8 Å². The van der Waals surface area contributed by atoms with E-state index in [1.807, 2.05) is 12.1 Å². The monoisotopic (exact) mass is 344 g/mol. The smallest absolute Gasteiger partial charge is 0.123 e. The second-order valence-corrected chi connectivity index (χ2v) is 6.84. The van der Waals surface area contributed by atoms with Crippen LogP contribution in [-0.2, 0) is 6.54 Å². The van der Waals surface area contributed by atoms with Gasteiger partial charge in [-0.05, 0) is 69.9 Å². The summed E-state index contributed by atoms with van der Waals surface area (Å²) in [5.74, 6) is 1.78. The molecule has 0 amide bonds. The van der Waals surface area contributed by atoms with Crippen molar-refractivity contribution in [3.63, 3.8) is 0 Å². The summed E-state index contributed by atoms with van der Waals surface area (Å²) in [5, 5.41) is 4.22. The Bertz CT molecular complexity index is 474. The summed E-state index contributed by atoms with van der Waals surface area (Å²) in [6.45, 7) is 4.00. The molecular formula is C17H26Cl2N2O. The maximum absolute atomic E-state index is 6.18. The number of hydrogen-bond donors (Lipinski definition) is 1. The van der Waals surface area contributed by atoms with Crippen molar-refractivity contribution < 1.29 is 4.74 Å². The van der Waals surface area contributed by atoms with Crippen LogP contribution in [0.2, 0.25) is 5.02 Å². The molecule has 1 aromatic carbocycles. The largest absolute Gasteiger partial charge is 0.493 e. The van der Waals surface area contributed by atoms with Crippen molar-refractivity contribution in [3.8, 4) is 5.75 Å². The molecule has 0 unspecified atom stereocenters. The molecule has 1 aliphatic carbocycles. The molecule has 5 heteroatoms. The SMILES string of the molecule is CN(Cc1cc(Cl)ccc1OCC1CC1)C1CCNCC1.Cl. The van der Waals surface area contributed by atoms with Gasteiger partial charge in [0, 0.05) is 23.2 Å². The summed E-state index contributed by atoms with van der Waals surface area (Å²) in [5.41, 5.74) is 1.21. The second kappa shape index (κ2) is 8.39. The average Bonchev–Trinajstić information content (AvgIpc) is 3.31. The van der Waals surface area contributed by atoms with Crippen LogP contribution in [0.5, 0.6) is 5.75 Å². The molecule has 1 heterocycles. The van der Waals surface area contributed by atoms with Crippen LogP contribution in [0, 0.1) is 5.92 Å². The van der Waals surface area contributed by atoms with Crippen LogP contribution in [-0.4, -0.2) is 37.7 Å². The van der Waals surface area contributed by atoms with Gasteiger partial charge in [-0.2, -0.15) is 0 Å². The maximum Gasteiger partial charge on any atom is 0.123 e. The molecule has 22 heavy (non-hydrogen) atoms. The Balaban J connectivity index is 0.00000176. The fourth-order valence-electron chi connectivity index (χ4n) is 2.95. The first kappa shape index (κ1) is 17.9. The van der Waals surface area contributed by atoms with E-state index in [-0.39, 0.29) is 12.4 Å². The number of ether oxygens (including phenoxy) is 1. The lowest BCUT2D eigenvalue weighted by molar-refractivity contribution is 0.188. The molecule has 0 atom stereocenters. The van der Waals surface area contributed by atoms with E-state index in [9.17, 15) is 0 Å². The number of nitrogens with zero attached hydrogens (tertiary/aromatic N) is 1. The first-order chi connectivity index (χ1) is 10.2. The van der Waals surface area contributed by atoms with Gasteiger partial charge in [0.25, 0.3) is 0 Å². The Labute approximate surface area is 144 Å². The molecule has 0 spiro atoms. The number of piperidine rings is 1. The van der Waals surface area contributed by atoms with Crippen molar-refractivity contribution >= 4 is 24.0 Å². The van der Waals surface area contributed by atoms with E-state index < -0.39 is 0 Å². The Morgan fingerprint density at radius 1 is 1.23 bits per heavy atom. The van der Waals surface area contributed by atoms with E-state index >= 15 is 0 Å². The third-order valence-electron chi connectivity index (χ3n) is 4.55. The van der Waals surface area contributed by atoms with Crippen LogP contribution in [0.25, 0.3) is 0 Å². The molecular weight excluding hydrogens is 319 g/mol. The third kappa shape index (κ3) is 5.02. The summed E-state index contributed by atoms with van der Waals surface area (Å²) in [4.78, 5) is 2.44. The zero-order chi connectivity index (χ0) is 14.7. The molecule has 124 valence electrons. The number of nitrogens with one attached hydrogen (secondary N) is 1. The fourth-order valence-corrected chi connectivity index (χ4v) is 3.14. The number of hydrogen-bond acceptors (Lipinski definition) is 3. The van der Waals surface area contributed by atoms with Gasteiger partial charge >= 0.3 is 0 Å². The van der Waals surface area contributed by atoms with Gasteiger partial charge in [-0.25, -0.2) is 0 Å². The van der Waals surface area contributed by atoms with E-state index in [1.54, 1.807) is 0 Å². The van der Waals surface area contributed by atoms with Crippen molar-refractivity contribution in [1.82, 2.24) is 10.2 Å². The van der Waals surface area contributed by atoms with Crippen molar-refractivity contribution in [2.24, 2.45) is 5.92 Å². The third-order valence-corrected chi connectivity index (χ3v) is 4.78. The maximum atomic E-state index is 6.18. The zero-order valence-corrected chi connectivity index (χ0v) is 14.8. The van der Waals surface area contributed by atoms with Gasteiger partial charge in [0.1, 0.15) is 5.75 Å². The summed E-state index contributed by atoms with van der Waals surface area (Å²) < 4.78 is 6.01. The van der Waals surface area contributed by atoms with E-state index in [4.69, 9.17) is 16.3 Å². The van der Waals surface area contributed by atoms with Crippen LogP contribution in [0.3, 0.4) is 0 Å². The van der Waals surface area contributed by atoms with Crippen LogP contribution in [0.1, 0.15) is 31.2 Å². The first-order valence-electron chi connectivity index (χ1n) is 8.04. The molecule has 3 nitrogen and oxygen atoms in total. The molecule has 2 aliphatic rings. The molecule has 2 fully saturated rings. The van der Waals surface area contributed by atoms with E-state index in [0.717, 1.165) is 42.9 Å². The fraction of sp³-hybridized carbons (Fsp3) is 0.647. The van der Waals surface area contributed by atoms with Gasteiger partial charge in [0.15, 0.2) is 0 Å². The topological polar surface area (TPSA) is 24.5 Å².